The van der Waals surface area contributed by atoms with Gasteiger partial charge in [0.25, 0.3) is 0 Å². The predicted molar refractivity (Wildman–Crippen MR) is 106 cm³/mol. The molecule has 1 saturated heterocycles. The van der Waals surface area contributed by atoms with Crippen molar-refractivity contribution in [3.63, 3.8) is 0 Å². The Balaban J connectivity index is 1.44. The molecule has 3 aromatic heterocycles. The minimum atomic E-state index is 0.0730. The van der Waals surface area contributed by atoms with Gasteiger partial charge in [-0.05, 0) is 57.9 Å². The molecule has 0 bridgehead atoms. The highest BCUT2D eigenvalue weighted by Gasteiger charge is 2.27. The summed E-state index contributed by atoms with van der Waals surface area (Å²) in [7, 11) is 0. The maximum Gasteiger partial charge on any atom is 0.224 e. The molecule has 0 aliphatic carbocycles. The van der Waals surface area contributed by atoms with Crippen LogP contribution >= 0.6 is 0 Å². The third-order valence-corrected chi connectivity index (χ3v) is 5.56. The van der Waals surface area contributed by atoms with Gasteiger partial charge in [0.15, 0.2) is 0 Å². The van der Waals surface area contributed by atoms with Gasteiger partial charge >= 0.3 is 0 Å². The van der Waals surface area contributed by atoms with Crippen LogP contribution in [0.1, 0.15) is 55.2 Å². The first kappa shape index (κ1) is 17.8. The number of aryl methyl sites for hydroxylation is 2. The van der Waals surface area contributed by atoms with Crippen molar-refractivity contribution in [1.29, 1.82) is 0 Å². The van der Waals surface area contributed by atoms with Gasteiger partial charge in [-0.15, -0.1) is 0 Å². The number of carbonyl (C=O) groups excluding carboxylic acids is 1. The van der Waals surface area contributed by atoms with Crippen molar-refractivity contribution in [3.8, 4) is 0 Å². The Morgan fingerprint density at radius 1 is 1.37 bits per heavy atom. The standard InChI is InChI=1S/C21H27N5O/c1-14-10-15(2)26(24-14)16(3)11-20(27)25-9-5-7-18(13-25)19-12-17-6-4-8-22-21(17)23-19/h4,6,8,10,12,16,18H,5,7,9,11,13H2,1-3H3,(H,22,23)/t16-,18-/m1/s1. The number of amides is 1. The van der Waals surface area contributed by atoms with Crippen molar-refractivity contribution < 1.29 is 4.79 Å². The zero-order valence-corrected chi connectivity index (χ0v) is 16.3. The van der Waals surface area contributed by atoms with E-state index in [1.54, 1.807) is 6.20 Å². The molecule has 0 spiro atoms. The molecule has 142 valence electrons. The highest BCUT2D eigenvalue weighted by molar-refractivity contribution is 5.78. The van der Waals surface area contributed by atoms with E-state index in [-0.39, 0.29) is 11.9 Å². The molecule has 27 heavy (non-hydrogen) atoms. The highest BCUT2D eigenvalue weighted by atomic mass is 16.2. The van der Waals surface area contributed by atoms with Gasteiger partial charge in [0.1, 0.15) is 5.65 Å². The molecule has 0 radical (unpaired) electrons. The Labute approximate surface area is 159 Å². The van der Waals surface area contributed by atoms with Crippen LogP contribution in [0.4, 0.5) is 0 Å². The molecule has 6 heteroatoms. The molecular weight excluding hydrogens is 338 g/mol. The van der Waals surface area contributed by atoms with Crippen LogP contribution in [0.2, 0.25) is 0 Å². The van der Waals surface area contributed by atoms with Gasteiger partial charge < -0.3 is 9.88 Å². The number of nitrogens with one attached hydrogen (secondary N) is 1. The Kier molecular flexibility index (Phi) is 4.72. The Bertz CT molecular complexity index is 924. The predicted octanol–water partition coefficient (Wildman–Crippen LogP) is 3.73. The van der Waals surface area contributed by atoms with Gasteiger partial charge in [-0.25, -0.2) is 4.98 Å². The minimum absolute atomic E-state index is 0.0730. The summed E-state index contributed by atoms with van der Waals surface area (Å²) < 4.78 is 1.97. The second-order valence-corrected chi connectivity index (χ2v) is 7.77. The lowest BCUT2D eigenvalue weighted by Crippen LogP contribution is -2.40. The van der Waals surface area contributed by atoms with Gasteiger partial charge in [0.05, 0.1) is 11.7 Å². The third-order valence-electron chi connectivity index (χ3n) is 5.56. The van der Waals surface area contributed by atoms with Crippen molar-refractivity contribution in [2.45, 2.75) is 52.0 Å². The number of H-pyrrole nitrogens is 1. The largest absolute Gasteiger partial charge is 0.343 e. The molecule has 0 unspecified atom stereocenters. The molecule has 0 aromatic carbocycles. The molecule has 0 saturated carbocycles. The van der Waals surface area contributed by atoms with E-state index in [9.17, 15) is 4.79 Å². The number of aromatic amines is 1. The van der Waals surface area contributed by atoms with Crippen molar-refractivity contribution in [3.05, 3.63) is 47.5 Å². The molecular formula is C21H27N5O. The molecule has 4 heterocycles. The molecule has 6 nitrogen and oxygen atoms in total. The maximum atomic E-state index is 12.9. The maximum absolute atomic E-state index is 12.9. The smallest absolute Gasteiger partial charge is 0.224 e. The van der Waals surface area contributed by atoms with E-state index in [0.29, 0.717) is 12.3 Å². The highest BCUT2D eigenvalue weighted by Crippen LogP contribution is 2.29. The summed E-state index contributed by atoms with van der Waals surface area (Å²) in [6.07, 6.45) is 4.43. The fourth-order valence-electron chi connectivity index (χ4n) is 4.22. The fourth-order valence-corrected chi connectivity index (χ4v) is 4.22. The normalized spacial score (nSPS) is 18.8. The second kappa shape index (κ2) is 7.18. The first-order valence-electron chi connectivity index (χ1n) is 9.75. The van der Waals surface area contributed by atoms with Gasteiger partial charge in [0.2, 0.25) is 5.91 Å². The number of pyridine rings is 1. The number of nitrogens with zero attached hydrogens (tertiary/aromatic N) is 4. The van der Waals surface area contributed by atoms with Crippen LogP contribution in [0, 0.1) is 13.8 Å². The van der Waals surface area contributed by atoms with E-state index in [1.807, 2.05) is 29.5 Å². The van der Waals surface area contributed by atoms with Gasteiger partial charge in [-0.2, -0.15) is 5.10 Å². The number of hydrogen-bond acceptors (Lipinski definition) is 3. The Morgan fingerprint density at radius 2 is 2.22 bits per heavy atom. The molecule has 1 amide bonds. The van der Waals surface area contributed by atoms with Crippen LogP contribution in [0.5, 0.6) is 0 Å². The van der Waals surface area contributed by atoms with E-state index >= 15 is 0 Å². The second-order valence-electron chi connectivity index (χ2n) is 7.77. The summed E-state index contributed by atoms with van der Waals surface area (Å²) in [6, 6.07) is 8.34. The summed E-state index contributed by atoms with van der Waals surface area (Å²) in [5.41, 5.74) is 4.22. The lowest BCUT2D eigenvalue weighted by molar-refractivity contribution is -0.133. The Hall–Kier alpha value is -2.63. The Morgan fingerprint density at radius 3 is 2.96 bits per heavy atom. The summed E-state index contributed by atoms with van der Waals surface area (Å²) in [5, 5.41) is 5.66. The topological polar surface area (TPSA) is 66.8 Å². The fraction of sp³-hybridized carbons (Fsp3) is 0.476. The number of fused-ring (bicyclic) bond motifs is 1. The van der Waals surface area contributed by atoms with E-state index in [4.69, 9.17) is 0 Å². The molecule has 2 atom stereocenters. The van der Waals surface area contributed by atoms with E-state index in [2.05, 4.69) is 40.2 Å². The monoisotopic (exact) mass is 365 g/mol. The number of carbonyl (C=O) groups is 1. The zero-order valence-electron chi connectivity index (χ0n) is 16.3. The van der Waals surface area contributed by atoms with Crippen molar-refractivity contribution >= 4 is 16.9 Å². The summed E-state index contributed by atoms with van der Waals surface area (Å²) in [4.78, 5) is 22.8. The minimum Gasteiger partial charge on any atom is -0.343 e. The molecule has 1 fully saturated rings. The first-order valence-corrected chi connectivity index (χ1v) is 9.75. The average molecular weight is 365 g/mol. The van der Waals surface area contributed by atoms with Crippen LogP contribution in [-0.4, -0.2) is 43.6 Å². The summed E-state index contributed by atoms with van der Waals surface area (Å²) in [5.74, 6) is 0.565. The summed E-state index contributed by atoms with van der Waals surface area (Å²) in [6.45, 7) is 7.72. The zero-order chi connectivity index (χ0) is 19.0. The van der Waals surface area contributed by atoms with Gasteiger partial charge in [-0.1, -0.05) is 0 Å². The quantitative estimate of drug-likeness (QED) is 0.766. The number of aromatic nitrogens is 4. The lowest BCUT2D eigenvalue weighted by Gasteiger charge is -2.33. The van der Waals surface area contributed by atoms with E-state index in [0.717, 1.165) is 48.4 Å². The van der Waals surface area contributed by atoms with E-state index < -0.39 is 0 Å². The van der Waals surface area contributed by atoms with Crippen LogP contribution < -0.4 is 0 Å². The van der Waals surface area contributed by atoms with Crippen molar-refractivity contribution in [1.82, 2.24) is 24.6 Å². The van der Waals surface area contributed by atoms with E-state index in [1.165, 1.54) is 5.69 Å². The average Bonchev–Trinajstić information content (AvgIpc) is 3.24. The lowest BCUT2D eigenvalue weighted by atomic mass is 9.94. The summed E-state index contributed by atoms with van der Waals surface area (Å²) >= 11 is 0. The van der Waals surface area contributed by atoms with Gasteiger partial charge in [-0.3, -0.25) is 9.48 Å². The number of likely N-dealkylation sites (tertiary alicyclic amines) is 1. The molecule has 3 aromatic rings. The van der Waals surface area contributed by atoms with Crippen LogP contribution in [0.15, 0.2) is 30.5 Å². The van der Waals surface area contributed by atoms with Gasteiger partial charge in [0, 0.05) is 48.4 Å². The molecule has 1 N–H and O–H groups in total. The number of piperidine rings is 1. The van der Waals surface area contributed by atoms with Crippen LogP contribution in [0.3, 0.4) is 0 Å². The van der Waals surface area contributed by atoms with Crippen molar-refractivity contribution in [2.24, 2.45) is 0 Å². The third kappa shape index (κ3) is 3.61. The molecule has 1 aliphatic heterocycles. The number of rotatable bonds is 4. The van der Waals surface area contributed by atoms with Crippen LogP contribution in [-0.2, 0) is 4.79 Å². The van der Waals surface area contributed by atoms with Crippen LogP contribution in [0.25, 0.3) is 11.0 Å². The number of hydrogen-bond donors (Lipinski definition) is 1. The SMILES string of the molecule is Cc1cc(C)n([C@H](C)CC(=O)N2CCC[C@@H](c3cc4cccnc4[nH]3)C2)n1. The van der Waals surface area contributed by atoms with Crippen molar-refractivity contribution in [2.75, 3.05) is 13.1 Å². The first-order chi connectivity index (χ1) is 13.0. The molecule has 4 rings (SSSR count). The molecule has 1 aliphatic rings.